The van der Waals surface area contributed by atoms with Gasteiger partial charge in [-0.1, -0.05) is 4.49 Å². The highest BCUT2D eigenvalue weighted by molar-refractivity contribution is 7.03. The third-order valence-electron chi connectivity index (χ3n) is 2.30. The molecule has 0 spiro atoms. The van der Waals surface area contributed by atoms with E-state index in [1.807, 2.05) is 0 Å². The van der Waals surface area contributed by atoms with Crippen LogP contribution in [0.2, 0.25) is 0 Å². The maximum absolute atomic E-state index is 11.7. The van der Waals surface area contributed by atoms with Crippen LogP contribution in [0.5, 0.6) is 0 Å². The van der Waals surface area contributed by atoms with Crippen LogP contribution < -0.4 is 0 Å². The van der Waals surface area contributed by atoms with Gasteiger partial charge in [-0.15, -0.1) is 5.10 Å². The number of ketones is 2. The Bertz CT molecular complexity index is 460. The first-order valence-electron chi connectivity index (χ1n) is 4.32. The molecule has 1 aliphatic carbocycles. The van der Waals surface area contributed by atoms with Gasteiger partial charge in [0.05, 0.1) is 11.3 Å². The highest BCUT2D eigenvalue weighted by Gasteiger charge is 2.36. The summed E-state index contributed by atoms with van der Waals surface area (Å²) in [5.74, 6) is -0.0298. The predicted octanol–water partition coefficient (Wildman–Crippen LogP) is 0.312. The van der Waals surface area contributed by atoms with Crippen LogP contribution in [0, 0.1) is 0 Å². The average Bonchev–Trinajstić information content (AvgIpc) is 2.71. The smallest absolute Gasteiger partial charge is 0.186 e. The number of carbonyl (C=O) groups is 2. The zero-order valence-corrected chi connectivity index (χ0v) is 8.41. The molecule has 2 rings (SSSR count). The number of allylic oxidation sites excluding steroid dienone is 1. The second-order valence-corrected chi connectivity index (χ2v) is 3.78. The van der Waals surface area contributed by atoms with E-state index < -0.39 is 11.7 Å². The normalized spacial score (nSPS) is 21.6. The van der Waals surface area contributed by atoms with Gasteiger partial charge in [0.15, 0.2) is 5.78 Å². The number of nitrogens with zero attached hydrogens (tertiary/aromatic N) is 2. The van der Waals surface area contributed by atoms with E-state index in [0.717, 1.165) is 11.5 Å². The fourth-order valence-corrected chi connectivity index (χ4v) is 2.01. The molecule has 0 bridgehead atoms. The van der Waals surface area contributed by atoms with E-state index in [9.17, 15) is 14.4 Å². The largest absolute Gasteiger partial charge is 0.298 e. The highest BCUT2D eigenvalue weighted by atomic mass is 32.1. The number of carbonyl (C=O) groups excluding carboxylic acids is 3. The van der Waals surface area contributed by atoms with Gasteiger partial charge in [-0.25, -0.2) is 4.79 Å². The second kappa shape index (κ2) is 3.84. The molecule has 0 aliphatic heterocycles. The number of hydrogen-bond acceptors (Lipinski definition) is 6. The lowest BCUT2D eigenvalue weighted by Crippen LogP contribution is -2.29. The van der Waals surface area contributed by atoms with Gasteiger partial charge in [0, 0.05) is 11.8 Å². The summed E-state index contributed by atoms with van der Waals surface area (Å²) in [4.78, 5) is 33.7. The van der Waals surface area contributed by atoms with Crippen molar-refractivity contribution in [3.63, 3.8) is 0 Å². The Kier molecular flexibility index (Phi) is 2.53. The molecule has 1 fully saturated rings. The summed E-state index contributed by atoms with van der Waals surface area (Å²) in [6.45, 7) is 0. The van der Waals surface area contributed by atoms with Gasteiger partial charge in [0.1, 0.15) is 17.6 Å². The SMILES string of the molecule is O=C=C1CCC(=O)C(c2csnn2)C1=O. The standard InChI is InChI=1S/C9H6N2O3S/c12-3-5-1-2-7(13)8(9(5)14)6-4-15-11-10-6/h4,8H,1-2H2. The second-order valence-electron chi connectivity index (χ2n) is 3.17. The van der Waals surface area contributed by atoms with E-state index in [1.165, 1.54) is 0 Å². The van der Waals surface area contributed by atoms with Crippen molar-refractivity contribution in [2.24, 2.45) is 0 Å². The van der Waals surface area contributed by atoms with E-state index in [-0.39, 0.29) is 24.2 Å². The molecule has 0 saturated heterocycles. The van der Waals surface area contributed by atoms with Crippen LogP contribution in [-0.4, -0.2) is 27.1 Å². The summed E-state index contributed by atoms with van der Waals surface area (Å²) in [5, 5.41) is 5.24. The van der Waals surface area contributed by atoms with Crippen molar-refractivity contribution in [2.75, 3.05) is 0 Å². The van der Waals surface area contributed by atoms with Crippen LogP contribution in [0.4, 0.5) is 0 Å². The molecule has 6 heteroatoms. The lowest BCUT2D eigenvalue weighted by molar-refractivity contribution is -0.129. The first-order valence-corrected chi connectivity index (χ1v) is 5.15. The minimum Gasteiger partial charge on any atom is -0.298 e. The minimum atomic E-state index is -0.936. The number of rotatable bonds is 1. The molecular formula is C9H6N2O3S. The van der Waals surface area contributed by atoms with Crippen molar-refractivity contribution in [3.05, 3.63) is 16.6 Å². The first-order chi connectivity index (χ1) is 7.24. The Morgan fingerprint density at radius 1 is 1.40 bits per heavy atom. The molecule has 0 amide bonds. The molecule has 0 radical (unpaired) electrons. The molecule has 5 nitrogen and oxygen atoms in total. The lowest BCUT2D eigenvalue weighted by atomic mass is 9.82. The number of aromatic nitrogens is 2. The van der Waals surface area contributed by atoms with Gasteiger partial charge < -0.3 is 0 Å². The minimum absolute atomic E-state index is 0.0487. The zero-order chi connectivity index (χ0) is 10.8. The molecule has 15 heavy (non-hydrogen) atoms. The van der Waals surface area contributed by atoms with Crippen molar-refractivity contribution in [3.8, 4) is 0 Å². The quantitative estimate of drug-likeness (QED) is 0.388. The molecule has 1 aromatic rings. The van der Waals surface area contributed by atoms with Crippen molar-refractivity contribution in [1.29, 1.82) is 0 Å². The fraction of sp³-hybridized carbons (Fsp3) is 0.333. The van der Waals surface area contributed by atoms with Gasteiger partial charge in [0.2, 0.25) is 0 Å². The first kappa shape index (κ1) is 9.89. The summed E-state index contributed by atoms with van der Waals surface area (Å²) >= 11 is 1.07. The van der Waals surface area contributed by atoms with Crippen LogP contribution in [-0.2, 0) is 14.4 Å². The van der Waals surface area contributed by atoms with Gasteiger partial charge in [0.25, 0.3) is 0 Å². The molecule has 0 N–H and O–H groups in total. The molecule has 1 unspecified atom stereocenters. The van der Waals surface area contributed by atoms with E-state index >= 15 is 0 Å². The summed E-state index contributed by atoms with van der Waals surface area (Å²) < 4.78 is 3.60. The molecule has 0 aromatic carbocycles. The molecule has 1 atom stereocenters. The third-order valence-corrected chi connectivity index (χ3v) is 2.82. The molecular weight excluding hydrogens is 216 g/mol. The van der Waals surface area contributed by atoms with Gasteiger partial charge in [-0.2, -0.15) is 0 Å². The summed E-state index contributed by atoms with van der Waals surface area (Å²) in [7, 11) is 0. The Hall–Kier alpha value is -1.65. The van der Waals surface area contributed by atoms with Gasteiger partial charge in [-0.3, -0.25) is 9.59 Å². The zero-order valence-electron chi connectivity index (χ0n) is 7.60. The van der Waals surface area contributed by atoms with Crippen LogP contribution in [0.1, 0.15) is 24.5 Å². The molecule has 76 valence electrons. The maximum atomic E-state index is 11.7. The average molecular weight is 222 g/mol. The summed E-state index contributed by atoms with van der Waals surface area (Å²) in [6.07, 6.45) is 0.383. The van der Waals surface area contributed by atoms with Crippen molar-refractivity contribution >= 4 is 29.0 Å². The third kappa shape index (κ3) is 1.65. The van der Waals surface area contributed by atoms with Crippen LogP contribution in [0.25, 0.3) is 0 Å². The fourth-order valence-electron chi connectivity index (χ4n) is 1.53. The Morgan fingerprint density at radius 2 is 2.20 bits per heavy atom. The van der Waals surface area contributed by atoms with Crippen molar-refractivity contribution in [1.82, 2.24) is 9.59 Å². The van der Waals surface area contributed by atoms with E-state index in [2.05, 4.69) is 9.59 Å². The van der Waals surface area contributed by atoms with E-state index in [0.29, 0.717) is 5.69 Å². The van der Waals surface area contributed by atoms with Crippen LogP contribution in [0.15, 0.2) is 11.0 Å². The Balaban J connectivity index is 2.41. The van der Waals surface area contributed by atoms with E-state index in [4.69, 9.17) is 0 Å². The van der Waals surface area contributed by atoms with Crippen LogP contribution >= 0.6 is 11.5 Å². The number of hydrogen-bond donors (Lipinski definition) is 0. The lowest BCUT2D eigenvalue weighted by Gasteiger charge is -2.17. The van der Waals surface area contributed by atoms with E-state index in [1.54, 1.807) is 11.3 Å². The monoisotopic (exact) mass is 222 g/mol. The summed E-state index contributed by atoms with van der Waals surface area (Å²) in [5.41, 5.74) is 0.384. The molecule has 1 aliphatic rings. The molecule has 1 heterocycles. The molecule has 1 saturated carbocycles. The topological polar surface area (TPSA) is 77.0 Å². The predicted molar refractivity (Wildman–Crippen MR) is 51.1 cm³/mol. The molecule has 1 aromatic heterocycles. The van der Waals surface area contributed by atoms with Gasteiger partial charge in [-0.05, 0) is 18.0 Å². The van der Waals surface area contributed by atoms with Crippen molar-refractivity contribution < 1.29 is 14.4 Å². The van der Waals surface area contributed by atoms with Crippen LogP contribution in [0.3, 0.4) is 0 Å². The highest BCUT2D eigenvalue weighted by Crippen LogP contribution is 2.28. The van der Waals surface area contributed by atoms with Crippen molar-refractivity contribution in [2.45, 2.75) is 18.8 Å². The van der Waals surface area contributed by atoms with Gasteiger partial charge >= 0.3 is 0 Å². The summed E-state index contributed by atoms with van der Waals surface area (Å²) in [6, 6.07) is 0. The Morgan fingerprint density at radius 3 is 2.80 bits per heavy atom. The number of Topliss-reactive ketones (excluding diaryl/α,β-unsaturated/α-hetero) is 2. The Labute approximate surface area is 89.0 Å². The maximum Gasteiger partial charge on any atom is 0.186 e.